The Morgan fingerprint density at radius 1 is 1.03 bits per heavy atom. The van der Waals surface area contributed by atoms with E-state index in [0.29, 0.717) is 12.3 Å². The fourth-order valence-corrected chi connectivity index (χ4v) is 4.69. The molecule has 1 N–H and O–H groups in total. The summed E-state index contributed by atoms with van der Waals surface area (Å²) < 4.78 is 2.02. The number of fused-ring (bicyclic) bond motifs is 3. The molecule has 7 heteroatoms. The maximum atomic E-state index is 12.2. The van der Waals surface area contributed by atoms with Gasteiger partial charge in [0.2, 0.25) is 5.91 Å². The first-order valence-electron chi connectivity index (χ1n) is 9.44. The molecule has 2 heterocycles. The molecule has 0 unspecified atom stereocenters. The first kappa shape index (κ1) is 19.8. The number of nitrogens with one attached hydrogen (secondary N) is 1. The first-order chi connectivity index (χ1) is 14.1. The highest BCUT2D eigenvalue weighted by Gasteiger charge is 2.12. The molecule has 0 aliphatic heterocycles. The molecular weight excluding hydrogens is 400 g/mol. The number of amides is 1. The van der Waals surface area contributed by atoms with Gasteiger partial charge in [0.1, 0.15) is 0 Å². The minimum Gasteiger partial charge on any atom is -0.355 e. The van der Waals surface area contributed by atoms with Crippen molar-refractivity contribution < 1.29 is 4.79 Å². The third-order valence-corrected chi connectivity index (χ3v) is 6.56. The number of hydrogen-bond donors (Lipinski definition) is 1. The van der Waals surface area contributed by atoms with Crippen molar-refractivity contribution in [2.75, 3.05) is 18.1 Å². The summed E-state index contributed by atoms with van der Waals surface area (Å²) >= 11 is 3.16. The van der Waals surface area contributed by atoms with Crippen LogP contribution in [0.4, 0.5) is 0 Å². The van der Waals surface area contributed by atoms with E-state index in [9.17, 15) is 4.79 Å². The molecule has 5 nitrogen and oxygen atoms in total. The molecule has 0 fully saturated rings. The average molecular weight is 423 g/mol. The van der Waals surface area contributed by atoms with E-state index in [2.05, 4.69) is 65.8 Å². The molecule has 0 aliphatic rings. The van der Waals surface area contributed by atoms with Gasteiger partial charge in [0, 0.05) is 22.6 Å². The van der Waals surface area contributed by atoms with Crippen molar-refractivity contribution in [2.45, 2.75) is 23.9 Å². The zero-order valence-corrected chi connectivity index (χ0v) is 18.0. The van der Waals surface area contributed by atoms with Crippen LogP contribution in [0.25, 0.3) is 16.6 Å². The summed E-state index contributed by atoms with van der Waals surface area (Å²) in [5.41, 5.74) is 4.29. The lowest BCUT2D eigenvalue weighted by Crippen LogP contribution is -2.27. The van der Waals surface area contributed by atoms with Gasteiger partial charge in [0.15, 0.2) is 10.8 Å². The molecule has 148 valence electrons. The second-order valence-electron chi connectivity index (χ2n) is 6.82. The molecule has 0 bridgehead atoms. The van der Waals surface area contributed by atoms with Gasteiger partial charge >= 0.3 is 0 Å². The molecule has 0 spiro atoms. The van der Waals surface area contributed by atoms with Crippen LogP contribution >= 0.6 is 23.5 Å². The predicted octanol–water partition coefficient (Wildman–Crippen LogP) is 4.50. The van der Waals surface area contributed by atoms with Gasteiger partial charge in [0.05, 0.1) is 11.3 Å². The molecule has 0 radical (unpaired) electrons. The summed E-state index contributed by atoms with van der Waals surface area (Å²) in [6.45, 7) is 4.79. The number of para-hydroxylation sites is 1. The number of nitrogens with zero attached hydrogens (tertiary/aromatic N) is 3. The van der Waals surface area contributed by atoms with Crippen LogP contribution in [-0.2, 0) is 4.79 Å². The van der Waals surface area contributed by atoms with Gasteiger partial charge in [-0.3, -0.25) is 9.20 Å². The molecule has 2 aromatic heterocycles. The number of aromatic nitrogens is 3. The Morgan fingerprint density at radius 2 is 1.83 bits per heavy atom. The fourth-order valence-electron chi connectivity index (χ4n) is 3.14. The molecule has 0 atom stereocenters. The van der Waals surface area contributed by atoms with Gasteiger partial charge in [-0.1, -0.05) is 47.7 Å². The minimum atomic E-state index is 0.00710. The van der Waals surface area contributed by atoms with E-state index in [-0.39, 0.29) is 5.91 Å². The molecule has 1 amide bonds. The second-order valence-corrected chi connectivity index (χ2v) is 8.93. The zero-order chi connectivity index (χ0) is 20.2. The molecule has 0 saturated carbocycles. The number of pyridine rings is 1. The van der Waals surface area contributed by atoms with Gasteiger partial charge in [-0.15, -0.1) is 22.0 Å². The van der Waals surface area contributed by atoms with Gasteiger partial charge in [-0.25, -0.2) is 0 Å². The standard InChI is InChI=1S/C22H22N4OS2/c1-15-7-9-17(10-8-15)28-12-11-23-21(27)14-29-22-25-24-20-13-16(2)18-5-3-4-6-19(18)26(20)22/h3-10,13H,11-12,14H2,1-2H3,(H,23,27). The highest BCUT2D eigenvalue weighted by Crippen LogP contribution is 2.25. The number of carbonyl (C=O) groups excluding carboxylic acids is 1. The smallest absolute Gasteiger partial charge is 0.230 e. The van der Waals surface area contributed by atoms with E-state index in [1.165, 1.54) is 33.2 Å². The van der Waals surface area contributed by atoms with Crippen LogP contribution in [-0.4, -0.2) is 38.6 Å². The molecule has 0 aliphatic carbocycles. The van der Waals surface area contributed by atoms with Crippen LogP contribution in [0.1, 0.15) is 11.1 Å². The van der Waals surface area contributed by atoms with Gasteiger partial charge in [-0.2, -0.15) is 0 Å². The van der Waals surface area contributed by atoms with E-state index < -0.39 is 0 Å². The number of benzene rings is 2. The number of rotatable bonds is 7. The average Bonchev–Trinajstić information content (AvgIpc) is 3.14. The van der Waals surface area contributed by atoms with Crippen molar-refractivity contribution >= 4 is 46.0 Å². The summed E-state index contributed by atoms with van der Waals surface area (Å²) in [4.78, 5) is 13.5. The topological polar surface area (TPSA) is 59.3 Å². The Hall–Kier alpha value is -2.51. The van der Waals surface area contributed by atoms with E-state index in [1.807, 2.05) is 22.6 Å². The van der Waals surface area contributed by atoms with Crippen LogP contribution in [0, 0.1) is 13.8 Å². The third-order valence-electron chi connectivity index (χ3n) is 4.62. The molecule has 4 aromatic rings. The second kappa shape index (κ2) is 8.88. The highest BCUT2D eigenvalue weighted by atomic mass is 32.2. The van der Waals surface area contributed by atoms with Gasteiger partial charge < -0.3 is 5.32 Å². The summed E-state index contributed by atoms with van der Waals surface area (Å²) in [5.74, 6) is 1.17. The Balaban J connectivity index is 1.34. The summed E-state index contributed by atoms with van der Waals surface area (Å²) in [6, 6.07) is 18.6. The quantitative estimate of drug-likeness (QED) is 0.351. The van der Waals surface area contributed by atoms with Crippen molar-refractivity contribution in [3.63, 3.8) is 0 Å². The zero-order valence-electron chi connectivity index (χ0n) is 16.4. The summed E-state index contributed by atoms with van der Waals surface area (Å²) in [6.07, 6.45) is 0. The molecular formula is C22H22N4OS2. The van der Waals surface area contributed by atoms with Crippen LogP contribution in [0.2, 0.25) is 0 Å². The third kappa shape index (κ3) is 4.57. The van der Waals surface area contributed by atoms with Crippen LogP contribution in [0.15, 0.2) is 64.6 Å². The SMILES string of the molecule is Cc1ccc(SCCNC(=O)CSc2nnc3cc(C)c4ccccc4n23)cc1. The lowest BCUT2D eigenvalue weighted by molar-refractivity contribution is -0.118. The summed E-state index contributed by atoms with van der Waals surface area (Å²) in [5, 5.41) is 13.5. The van der Waals surface area contributed by atoms with Crippen molar-refractivity contribution in [2.24, 2.45) is 0 Å². The molecule has 4 rings (SSSR count). The number of thioether (sulfide) groups is 2. The fraction of sp³-hybridized carbons (Fsp3) is 0.227. The molecule has 0 saturated heterocycles. The number of carbonyl (C=O) groups is 1. The molecule has 29 heavy (non-hydrogen) atoms. The molecule has 2 aromatic carbocycles. The van der Waals surface area contributed by atoms with Gasteiger partial charge in [-0.05, 0) is 43.7 Å². The van der Waals surface area contributed by atoms with Crippen molar-refractivity contribution in [3.8, 4) is 0 Å². The Kier molecular flexibility index (Phi) is 6.06. The van der Waals surface area contributed by atoms with Crippen molar-refractivity contribution in [1.82, 2.24) is 19.9 Å². The number of hydrogen-bond acceptors (Lipinski definition) is 5. The lowest BCUT2D eigenvalue weighted by atomic mass is 10.1. The van der Waals surface area contributed by atoms with Gasteiger partial charge in [0.25, 0.3) is 0 Å². The van der Waals surface area contributed by atoms with E-state index >= 15 is 0 Å². The normalized spacial score (nSPS) is 11.2. The van der Waals surface area contributed by atoms with Crippen LogP contribution in [0.3, 0.4) is 0 Å². The largest absolute Gasteiger partial charge is 0.355 e. The highest BCUT2D eigenvalue weighted by molar-refractivity contribution is 7.99. The first-order valence-corrected chi connectivity index (χ1v) is 11.4. The van der Waals surface area contributed by atoms with E-state index in [0.717, 1.165) is 22.1 Å². The monoisotopic (exact) mass is 422 g/mol. The summed E-state index contributed by atoms with van der Waals surface area (Å²) in [7, 11) is 0. The van der Waals surface area contributed by atoms with Crippen molar-refractivity contribution in [3.05, 3.63) is 65.7 Å². The minimum absolute atomic E-state index is 0.00710. The Morgan fingerprint density at radius 3 is 2.66 bits per heavy atom. The van der Waals surface area contributed by atoms with E-state index in [4.69, 9.17) is 0 Å². The van der Waals surface area contributed by atoms with E-state index in [1.54, 1.807) is 11.8 Å². The number of aryl methyl sites for hydroxylation is 2. The predicted molar refractivity (Wildman–Crippen MR) is 121 cm³/mol. The maximum absolute atomic E-state index is 12.2. The van der Waals surface area contributed by atoms with Crippen LogP contribution < -0.4 is 5.32 Å². The maximum Gasteiger partial charge on any atom is 0.230 e. The Bertz CT molecular complexity index is 1150. The lowest BCUT2D eigenvalue weighted by Gasteiger charge is -2.08. The Labute approximate surface area is 178 Å². The van der Waals surface area contributed by atoms with Crippen molar-refractivity contribution in [1.29, 1.82) is 0 Å². The van der Waals surface area contributed by atoms with Crippen LogP contribution in [0.5, 0.6) is 0 Å².